The van der Waals surface area contributed by atoms with E-state index < -0.39 is 0 Å². The van der Waals surface area contributed by atoms with Gasteiger partial charge < -0.3 is 9.84 Å². The van der Waals surface area contributed by atoms with Gasteiger partial charge in [-0.15, -0.1) is 11.6 Å². The second-order valence-corrected chi connectivity index (χ2v) is 2.93. The van der Waals surface area contributed by atoms with Crippen LogP contribution in [0, 0.1) is 0 Å². The molecule has 0 radical (unpaired) electrons. The quantitative estimate of drug-likeness (QED) is 0.733. The average molecular weight is 203 g/mol. The highest BCUT2D eigenvalue weighted by atomic mass is 35.5. The van der Waals surface area contributed by atoms with E-state index in [0.29, 0.717) is 31.0 Å². The Labute approximate surface area is 81.2 Å². The molecule has 0 aliphatic carbocycles. The summed E-state index contributed by atoms with van der Waals surface area (Å²) in [5, 5.41) is 6.20. The zero-order valence-corrected chi connectivity index (χ0v) is 7.88. The molecule has 0 spiro atoms. The fraction of sp³-hybridized carbons (Fsp3) is 0.500. The highest BCUT2D eigenvalue weighted by molar-refractivity contribution is 6.17. The number of hydrogen-bond donors (Lipinski definition) is 1. The predicted octanol–water partition coefficient (Wildman–Crippen LogP) is 1.31. The van der Waals surface area contributed by atoms with Gasteiger partial charge in [0.05, 0.1) is 12.7 Å². The zero-order valence-electron chi connectivity index (χ0n) is 7.12. The minimum absolute atomic E-state index is 0.0166. The van der Waals surface area contributed by atoms with Crippen LogP contribution in [0.3, 0.4) is 0 Å². The second-order valence-electron chi connectivity index (χ2n) is 2.55. The Morgan fingerprint density at radius 3 is 3.15 bits per heavy atom. The Hall–Kier alpha value is -1.03. The summed E-state index contributed by atoms with van der Waals surface area (Å²) in [5.74, 6) is 1.15. The molecule has 1 amide bonds. The molecule has 13 heavy (non-hydrogen) atoms. The van der Waals surface area contributed by atoms with Crippen LogP contribution in [-0.4, -0.2) is 16.9 Å². The number of aromatic nitrogens is 1. The highest BCUT2D eigenvalue weighted by Gasteiger charge is 2.01. The fourth-order valence-electron chi connectivity index (χ4n) is 0.835. The number of carbonyl (C=O) groups is 1. The molecule has 1 aromatic rings. The minimum atomic E-state index is -0.0166. The van der Waals surface area contributed by atoms with Crippen molar-refractivity contribution >= 4 is 17.5 Å². The Kier molecular flexibility index (Phi) is 4.32. The normalized spacial score (nSPS) is 9.92. The summed E-state index contributed by atoms with van der Waals surface area (Å²) >= 11 is 5.44. The molecule has 0 saturated heterocycles. The Morgan fingerprint density at radius 2 is 2.54 bits per heavy atom. The van der Waals surface area contributed by atoms with Gasteiger partial charge in [0.2, 0.25) is 5.91 Å². The monoisotopic (exact) mass is 202 g/mol. The molecule has 0 fully saturated rings. The van der Waals surface area contributed by atoms with Gasteiger partial charge in [0, 0.05) is 18.4 Å². The first kappa shape index (κ1) is 10.1. The van der Waals surface area contributed by atoms with E-state index in [1.165, 1.54) is 0 Å². The van der Waals surface area contributed by atoms with E-state index in [1.807, 2.05) is 0 Å². The van der Waals surface area contributed by atoms with E-state index >= 15 is 0 Å². The Morgan fingerprint density at radius 1 is 1.69 bits per heavy atom. The van der Waals surface area contributed by atoms with Crippen molar-refractivity contribution in [2.24, 2.45) is 0 Å². The van der Waals surface area contributed by atoms with Crippen LogP contribution in [0.2, 0.25) is 0 Å². The standard InChI is InChI=1S/C8H11ClN2O2/c9-4-1-2-8(12)10-6-7-3-5-11-13-7/h3,5H,1-2,4,6H2,(H,10,12). The van der Waals surface area contributed by atoms with Crippen molar-refractivity contribution in [2.75, 3.05) is 5.88 Å². The van der Waals surface area contributed by atoms with Crippen molar-refractivity contribution in [2.45, 2.75) is 19.4 Å². The van der Waals surface area contributed by atoms with Crippen molar-refractivity contribution in [3.8, 4) is 0 Å². The molecule has 0 unspecified atom stereocenters. The van der Waals surface area contributed by atoms with Crippen molar-refractivity contribution in [1.82, 2.24) is 10.5 Å². The third kappa shape index (κ3) is 3.94. The molecule has 0 saturated carbocycles. The number of nitrogens with one attached hydrogen (secondary N) is 1. The number of hydrogen-bond acceptors (Lipinski definition) is 3. The van der Waals surface area contributed by atoms with Crippen molar-refractivity contribution in [3.63, 3.8) is 0 Å². The van der Waals surface area contributed by atoms with Gasteiger partial charge >= 0.3 is 0 Å². The maximum Gasteiger partial charge on any atom is 0.220 e. The summed E-state index contributed by atoms with van der Waals surface area (Å²) in [6.45, 7) is 0.390. The molecule has 1 N–H and O–H groups in total. The third-order valence-corrected chi connectivity index (χ3v) is 1.76. The smallest absolute Gasteiger partial charge is 0.220 e. The Balaban J connectivity index is 2.15. The van der Waals surface area contributed by atoms with E-state index in [1.54, 1.807) is 12.3 Å². The summed E-state index contributed by atoms with van der Waals surface area (Å²) < 4.78 is 4.80. The molecule has 0 atom stereocenters. The van der Waals surface area contributed by atoms with Crippen LogP contribution >= 0.6 is 11.6 Å². The van der Waals surface area contributed by atoms with Gasteiger partial charge in [0.25, 0.3) is 0 Å². The maximum absolute atomic E-state index is 11.1. The van der Waals surface area contributed by atoms with Gasteiger partial charge in [-0.2, -0.15) is 0 Å². The third-order valence-electron chi connectivity index (χ3n) is 1.49. The summed E-state index contributed by atoms with van der Waals surface area (Å²) in [7, 11) is 0. The topological polar surface area (TPSA) is 55.1 Å². The minimum Gasteiger partial charge on any atom is -0.360 e. The Bertz CT molecular complexity index is 249. The zero-order chi connectivity index (χ0) is 9.52. The molecule has 4 nitrogen and oxygen atoms in total. The van der Waals surface area contributed by atoms with Crippen molar-refractivity contribution < 1.29 is 9.32 Å². The van der Waals surface area contributed by atoms with Gasteiger partial charge in [-0.3, -0.25) is 4.79 Å². The number of carbonyl (C=O) groups excluding carboxylic acids is 1. The first-order chi connectivity index (χ1) is 6.33. The average Bonchev–Trinajstić information content (AvgIpc) is 2.64. The molecule has 1 heterocycles. The second kappa shape index (κ2) is 5.59. The molecule has 0 bridgehead atoms. The van der Waals surface area contributed by atoms with E-state index in [-0.39, 0.29) is 5.91 Å². The van der Waals surface area contributed by atoms with Gasteiger partial charge in [0.15, 0.2) is 5.76 Å². The molecule has 0 aliphatic rings. The van der Waals surface area contributed by atoms with Crippen LogP contribution in [0.5, 0.6) is 0 Å². The van der Waals surface area contributed by atoms with Crippen LogP contribution in [-0.2, 0) is 11.3 Å². The first-order valence-corrected chi connectivity index (χ1v) is 4.58. The van der Waals surface area contributed by atoms with Gasteiger partial charge in [0.1, 0.15) is 0 Å². The van der Waals surface area contributed by atoms with Crippen molar-refractivity contribution in [1.29, 1.82) is 0 Å². The molecule has 1 aromatic heterocycles. The molecule has 0 aliphatic heterocycles. The number of halogens is 1. The van der Waals surface area contributed by atoms with Crippen LogP contribution < -0.4 is 5.32 Å². The fourth-order valence-corrected chi connectivity index (χ4v) is 0.968. The number of alkyl halides is 1. The van der Waals surface area contributed by atoms with Crippen LogP contribution in [0.4, 0.5) is 0 Å². The number of rotatable bonds is 5. The highest BCUT2D eigenvalue weighted by Crippen LogP contribution is 1.96. The van der Waals surface area contributed by atoms with Crippen LogP contribution in [0.15, 0.2) is 16.8 Å². The molecule has 0 aromatic carbocycles. The molecule has 5 heteroatoms. The first-order valence-electron chi connectivity index (χ1n) is 4.05. The molecule has 72 valence electrons. The summed E-state index contributed by atoms with van der Waals surface area (Å²) in [4.78, 5) is 11.1. The SMILES string of the molecule is O=C(CCCCl)NCc1ccno1. The van der Waals surface area contributed by atoms with E-state index in [9.17, 15) is 4.79 Å². The lowest BCUT2D eigenvalue weighted by Gasteiger charge is -2.00. The molecular formula is C8H11ClN2O2. The lowest BCUT2D eigenvalue weighted by Crippen LogP contribution is -2.22. The van der Waals surface area contributed by atoms with Crippen LogP contribution in [0.1, 0.15) is 18.6 Å². The van der Waals surface area contributed by atoms with E-state index in [4.69, 9.17) is 16.1 Å². The maximum atomic E-state index is 11.1. The predicted molar refractivity (Wildman–Crippen MR) is 48.3 cm³/mol. The van der Waals surface area contributed by atoms with Gasteiger partial charge in [-0.05, 0) is 6.42 Å². The molecule has 1 rings (SSSR count). The summed E-state index contributed by atoms with van der Waals surface area (Å²) in [5.41, 5.74) is 0. The summed E-state index contributed by atoms with van der Waals surface area (Å²) in [6, 6.07) is 1.71. The largest absolute Gasteiger partial charge is 0.360 e. The number of nitrogens with zero attached hydrogens (tertiary/aromatic N) is 1. The molecular weight excluding hydrogens is 192 g/mol. The van der Waals surface area contributed by atoms with E-state index in [2.05, 4.69) is 10.5 Å². The number of amides is 1. The van der Waals surface area contributed by atoms with E-state index in [0.717, 1.165) is 0 Å². The van der Waals surface area contributed by atoms with Crippen LogP contribution in [0.25, 0.3) is 0 Å². The summed E-state index contributed by atoms with van der Waals surface area (Å²) in [6.07, 6.45) is 2.70. The lowest BCUT2D eigenvalue weighted by atomic mass is 10.3. The van der Waals surface area contributed by atoms with Crippen molar-refractivity contribution in [3.05, 3.63) is 18.0 Å². The lowest BCUT2D eigenvalue weighted by molar-refractivity contribution is -0.121. The van der Waals surface area contributed by atoms with Gasteiger partial charge in [-0.25, -0.2) is 0 Å². The van der Waals surface area contributed by atoms with Gasteiger partial charge in [-0.1, -0.05) is 5.16 Å².